The molecule has 0 aromatic rings. The maximum atomic E-state index is 11.8. The number of nitrogens with zero attached hydrogens (tertiary/aromatic N) is 1. The van der Waals surface area contributed by atoms with Gasteiger partial charge in [-0.05, 0) is 6.42 Å². The lowest BCUT2D eigenvalue weighted by Gasteiger charge is -2.23. The van der Waals surface area contributed by atoms with Crippen molar-refractivity contribution in [3.05, 3.63) is 12.7 Å². The molecule has 1 atom stereocenters. The van der Waals surface area contributed by atoms with Crippen molar-refractivity contribution >= 4 is 11.8 Å². The maximum Gasteiger partial charge on any atom is 0.245 e. The molecule has 2 amide bonds. The second-order valence-corrected chi connectivity index (χ2v) is 3.46. The van der Waals surface area contributed by atoms with E-state index in [0.717, 1.165) is 0 Å². The Morgan fingerprint density at radius 1 is 1.73 bits per heavy atom. The van der Waals surface area contributed by atoms with Gasteiger partial charge < -0.3 is 15.3 Å². The SMILES string of the molecule is C=CCN(CCO)C(=O)C1CCC(=O)N1. The smallest absolute Gasteiger partial charge is 0.245 e. The summed E-state index contributed by atoms with van der Waals surface area (Å²) in [6.45, 7) is 4.13. The normalized spacial score (nSPS) is 19.8. The zero-order valence-electron chi connectivity index (χ0n) is 8.61. The average molecular weight is 212 g/mol. The van der Waals surface area contributed by atoms with Gasteiger partial charge in [-0.2, -0.15) is 0 Å². The molecular formula is C10H16N2O3. The van der Waals surface area contributed by atoms with Crippen molar-refractivity contribution in [2.24, 2.45) is 0 Å². The number of carbonyl (C=O) groups excluding carboxylic acids is 2. The molecule has 0 aromatic carbocycles. The quantitative estimate of drug-likeness (QED) is 0.590. The lowest BCUT2D eigenvalue weighted by Crippen LogP contribution is -2.45. The number of rotatable bonds is 5. The minimum Gasteiger partial charge on any atom is -0.395 e. The largest absolute Gasteiger partial charge is 0.395 e. The van der Waals surface area contributed by atoms with Crippen LogP contribution < -0.4 is 5.32 Å². The summed E-state index contributed by atoms with van der Waals surface area (Å²) in [5, 5.41) is 11.4. The second-order valence-electron chi connectivity index (χ2n) is 3.46. The number of aliphatic hydroxyl groups is 1. The van der Waals surface area contributed by atoms with Crippen LogP contribution in [-0.4, -0.2) is 47.6 Å². The highest BCUT2D eigenvalue weighted by Gasteiger charge is 2.29. The Labute approximate surface area is 88.8 Å². The molecule has 2 N–H and O–H groups in total. The Morgan fingerprint density at radius 2 is 2.47 bits per heavy atom. The Kier molecular flexibility index (Phi) is 4.30. The summed E-state index contributed by atoms with van der Waals surface area (Å²) in [5.74, 6) is -0.231. The molecule has 84 valence electrons. The summed E-state index contributed by atoms with van der Waals surface area (Å²) in [6.07, 6.45) is 2.54. The van der Waals surface area contributed by atoms with E-state index < -0.39 is 6.04 Å². The first-order valence-corrected chi connectivity index (χ1v) is 4.99. The molecule has 1 aliphatic heterocycles. The third-order valence-corrected chi connectivity index (χ3v) is 2.32. The number of nitrogens with one attached hydrogen (secondary N) is 1. The van der Waals surface area contributed by atoms with Crippen molar-refractivity contribution in [1.82, 2.24) is 10.2 Å². The van der Waals surface area contributed by atoms with Crippen LogP contribution in [0.3, 0.4) is 0 Å². The molecule has 1 saturated heterocycles. The van der Waals surface area contributed by atoms with E-state index in [-0.39, 0.29) is 25.0 Å². The van der Waals surface area contributed by atoms with Crippen LogP contribution >= 0.6 is 0 Å². The Balaban J connectivity index is 2.54. The molecule has 0 saturated carbocycles. The molecule has 0 bridgehead atoms. The van der Waals surface area contributed by atoms with Crippen LogP contribution in [-0.2, 0) is 9.59 Å². The van der Waals surface area contributed by atoms with Gasteiger partial charge in [-0.25, -0.2) is 0 Å². The van der Waals surface area contributed by atoms with E-state index in [4.69, 9.17) is 5.11 Å². The van der Waals surface area contributed by atoms with Crippen LogP contribution in [0.25, 0.3) is 0 Å². The van der Waals surface area contributed by atoms with E-state index in [1.165, 1.54) is 4.90 Å². The zero-order valence-corrected chi connectivity index (χ0v) is 8.61. The minimum atomic E-state index is -0.427. The van der Waals surface area contributed by atoms with Gasteiger partial charge in [-0.3, -0.25) is 9.59 Å². The van der Waals surface area contributed by atoms with Crippen LogP contribution in [0.4, 0.5) is 0 Å². The van der Waals surface area contributed by atoms with Crippen molar-refractivity contribution in [3.63, 3.8) is 0 Å². The lowest BCUT2D eigenvalue weighted by molar-refractivity contribution is -0.134. The average Bonchev–Trinajstić information content (AvgIpc) is 2.63. The van der Waals surface area contributed by atoms with E-state index in [2.05, 4.69) is 11.9 Å². The van der Waals surface area contributed by atoms with E-state index in [9.17, 15) is 9.59 Å². The zero-order chi connectivity index (χ0) is 11.3. The molecule has 0 aliphatic carbocycles. The second kappa shape index (κ2) is 5.50. The molecule has 0 radical (unpaired) electrons. The first-order valence-electron chi connectivity index (χ1n) is 4.99. The third-order valence-electron chi connectivity index (χ3n) is 2.32. The van der Waals surface area contributed by atoms with Crippen LogP contribution in [0.5, 0.6) is 0 Å². The summed E-state index contributed by atoms with van der Waals surface area (Å²) >= 11 is 0. The van der Waals surface area contributed by atoms with Crippen molar-refractivity contribution < 1.29 is 14.7 Å². The van der Waals surface area contributed by atoms with E-state index >= 15 is 0 Å². The fraction of sp³-hybridized carbons (Fsp3) is 0.600. The van der Waals surface area contributed by atoms with Gasteiger partial charge in [0.15, 0.2) is 0 Å². The fourth-order valence-corrected chi connectivity index (χ4v) is 1.59. The highest BCUT2D eigenvalue weighted by molar-refractivity contribution is 5.90. The predicted molar refractivity (Wildman–Crippen MR) is 55.0 cm³/mol. The first kappa shape index (κ1) is 11.7. The summed E-state index contributed by atoms with van der Waals surface area (Å²) in [6, 6.07) is -0.427. The maximum absolute atomic E-state index is 11.8. The van der Waals surface area contributed by atoms with Gasteiger partial charge in [0.1, 0.15) is 6.04 Å². The number of carbonyl (C=O) groups is 2. The third kappa shape index (κ3) is 3.06. The highest BCUT2D eigenvalue weighted by atomic mass is 16.3. The van der Waals surface area contributed by atoms with Gasteiger partial charge in [-0.1, -0.05) is 6.08 Å². The molecular weight excluding hydrogens is 196 g/mol. The topological polar surface area (TPSA) is 69.6 Å². The molecule has 1 heterocycles. The molecule has 1 rings (SSSR count). The number of hydrogen-bond acceptors (Lipinski definition) is 3. The van der Waals surface area contributed by atoms with E-state index in [1.807, 2.05) is 0 Å². The minimum absolute atomic E-state index is 0.0831. The number of aliphatic hydroxyl groups excluding tert-OH is 1. The molecule has 5 heteroatoms. The standard InChI is InChI=1S/C10H16N2O3/c1-2-5-12(6-7-13)10(15)8-3-4-9(14)11-8/h2,8,13H,1,3-7H2,(H,11,14). The van der Waals surface area contributed by atoms with Crippen LogP contribution in [0.2, 0.25) is 0 Å². The van der Waals surface area contributed by atoms with E-state index in [1.54, 1.807) is 6.08 Å². The summed E-state index contributed by atoms with van der Waals surface area (Å²) in [4.78, 5) is 24.3. The molecule has 0 aromatic heterocycles. The van der Waals surface area contributed by atoms with Crippen LogP contribution in [0.15, 0.2) is 12.7 Å². The molecule has 15 heavy (non-hydrogen) atoms. The molecule has 0 spiro atoms. The monoisotopic (exact) mass is 212 g/mol. The lowest BCUT2D eigenvalue weighted by atomic mass is 10.2. The van der Waals surface area contributed by atoms with Gasteiger partial charge in [0.25, 0.3) is 0 Å². The van der Waals surface area contributed by atoms with Gasteiger partial charge in [0.05, 0.1) is 6.61 Å². The molecule has 1 unspecified atom stereocenters. The van der Waals surface area contributed by atoms with Gasteiger partial charge >= 0.3 is 0 Å². The Bertz CT molecular complexity index is 265. The molecule has 1 fully saturated rings. The Morgan fingerprint density at radius 3 is 2.93 bits per heavy atom. The van der Waals surface area contributed by atoms with E-state index in [0.29, 0.717) is 19.4 Å². The summed E-state index contributed by atoms with van der Waals surface area (Å²) in [5.41, 5.74) is 0. The fourth-order valence-electron chi connectivity index (χ4n) is 1.59. The summed E-state index contributed by atoms with van der Waals surface area (Å²) in [7, 11) is 0. The van der Waals surface area contributed by atoms with Crippen LogP contribution in [0, 0.1) is 0 Å². The van der Waals surface area contributed by atoms with Gasteiger partial charge in [0.2, 0.25) is 11.8 Å². The van der Waals surface area contributed by atoms with Crippen molar-refractivity contribution in [3.8, 4) is 0 Å². The van der Waals surface area contributed by atoms with Crippen molar-refractivity contribution in [1.29, 1.82) is 0 Å². The van der Waals surface area contributed by atoms with Crippen molar-refractivity contribution in [2.75, 3.05) is 19.7 Å². The first-order chi connectivity index (χ1) is 7.19. The van der Waals surface area contributed by atoms with Gasteiger partial charge in [-0.15, -0.1) is 6.58 Å². The predicted octanol–water partition coefficient (Wildman–Crippen LogP) is -0.728. The van der Waals surface area contributed by atoms with Crippen molar-refractivity contribution in [2.45, 2.75) is 18.9 Å². The van der Waals surface area contributed by atoms with Crippen LogP contribution in [0.1, 0.15) is 12.8 Å². The molecule has 1 aliphatic rings. The molecule has 5 nitrogen and oxygen atoms in total. The number of amides is 2. The summed E-state index contributed by atoms with van der Waals surface area (Å²) < 4.78 is 0. The number of hydrogen-bond donors (Lipinski definition) is 2. The highest BCUT2D eigenvalue weighted by Crippen LogP contribution is 2.09. The Hall–Kier alpha value is -1.36. The van der Waals surface area contributed by atoms with Gasteiger partial charge in [0, 0.05) is 19.5 Å².